The molecule has 0 N–H and O–H groups in total. The molecule has 124 valence electrons. The maximum atomic E-state index is 13.8. The van der Waals surface area contributed by atoms with Gasteiger partial charge in [-0.3, -0.25) is 9.10 Å². The maximum absolute atomic E-state index is 13.8. The summed E-state index contributed by atoms with van der Waals surface area (Å²) in [6.07, 6.45) is 0.698. The van der Waals surface area contributed by atoms with Crippen molar-refractivity contribution in [1.29, 1.82) is 0 Å². The number of para-hydroxylation sites is 1. The number of carbonyl (C=O) groups excluding carboxylic acids is 1. The predicted molar refractivity (Wildman–Crippen MR) is 81.1 cm³/mol. The lowest BCUT2D eigenvalue weighted by molar-refractivity contribution is -0.130. The van der Waals surface area contributed by atoms with Crippen LogP contribution in [0.4, 0.5) is 14.5 Å². The molecule has 8 heteroatoms. The number of sulfonamides is 1. The molecule has 1 aromatic rings. The summed E-state index contributed by atoms with van der Waals surface area (Å²) in [5.41, 5.74) is -0.655. The first kappa shape index (κ1) is 18.3. The zero-order valence-corrected chi connectivity index (χ0v) is 13.7. The minimum atomic E-state index is -3.92. The third kappa shape index (κ3) is 4.40. The minimum absolute atomic E-state index is 0.150. The van der Waals surface area contributed by atoms with Crippen LogP contribution in [0.25, 0.3) is 0 Å². The van der Waals surface area contributed by atoms with Crippen LogP contribution in [0.15, 0.2) is 18.2 Å². The van der Waals surface area contributed by atoms with Crippen LogP contribution in [0.3, 0.4) is 0 Å². The van der Waals surface area contributed by atoms with Gasteiger partial charge in [0.2, 0.25) is 15.9 Å². The zero-order chi connectivity index (χ0) is 16.9. The quantitative estimate of drug-likeness (QED) is 0.766. The summed E-state index contributed by atoms with van der Waals surface area (Å²) < 4.78 is 51.9. The fourth-order valence-corrected chi connectivity index (χ4v) is 3.03. The fraction of sp³-hybridized carbons (Fsp3) is 0.500. The molecule has 0 bridgehead atoms. The lowest BCUT2D eigenvalue weighted by Crippen LogP contribution is -2.37. The Morgan fingerprint density at radius 1 is 1.14 bits per heavy atom. The largest absolute Gasteiger partial charge is 0.343 e. The van der Waals surface area contributed by atoms with Crippen molar-refractivity contribution in [2.75, 3.05) is 30.2 Å². The molecule has 0 aliphatic carbocycles. The summed E-state index contributed by atoms with van der Waals surface area (Å²) in [6, 6.07) is 3.10. The van der Waals surface area contributed by atoms with Crippen molar-refractivity contribution in [2.24, 2.45) is 0 Å². The van der Waals surface area contributed by atoms with E-state index in [0.717, 1.165) is 24.5 Å². The molecule has 5 nitrogen and oxygen atoms in total. The Hall–Kier alpha value is -1.70. The van der Waals surface area contributed by atoms with Gasteiger partial charge in [-0.15, -0.1) is 0 Å². The van der Waals surface area contributed by atoms with Crippen molar-refractivity contribution in [1.82, 2.24) is 4.90 Å². The standard InChI is InChI=1S/C14H20F2N2O3S/c1-4-17(5-2)13(19)9-10-18(22(3,20)21)14-11(15)7-6-8-12(14)16/h6-8H,4-5,9-10H2,1-3H3. The highest BCUT2D eigenvalue weighted by Gasteiger charge is 2.25. The number of carbonyl (C=O) groups is 1. The van der Waals surface area contributed by atoms with Gasteiger partial charge in [0.15, 0.2) is 11.6 Å². The number of amides is 1. The molecule has 0 aliphatic rings. The summed E-state index contributed by atoms with van der Waals surface area (Å²) >= 11 is 0. The van der Waals surface area contributed by atoms with E-state index in [1.54, 1.807) is 13.8 Å². The molecule has 1 aromatic carbocycles. The van der Waals surface area contributed by atoms with Crippen LogP contribution >= 0.6 is 0 Å². The van der Waals surface area contributed by atoms with E-state index in [0.29, 0.717) is 17.4 Å². The van der Waals surface area contributed by atoms with Crippen LogP contribution in [-0.4, -0.2) is 45.1 Å². The van der Waals surface area contributed by atoms with E-state index in [4.69, 9.17) is 0 Å². The summed E-state index contributed by atoms with van der Waals surface area (Å²) in [5.74, 6) is -2.24. The Bertz CT molecular complexity index is 611. The monoisotopic (exact) mass is 334 g/mol. The Morgan fingerprint density at radius 3 is 2.05 bits per heavy atom. The van der Waals surface area contributed by atoms with Gasteiger partial charge in [0.25, 0.3) is 0 Å². The molecule has 0 saturated carbocycles. The number of halogens is 2. The molecule has 0 aromatic heterocycles. The molecule has 1 rings (SSSR count). The Morgan fingerprint density at radius 2 is 1.64 bits per heavy atom. The summed E-state index contributed by atoms with van der Waals surface area (Å²) in [4.78, 5) is 13.5. The smallest absolute Gasteiger partial charge is 0.232 e. The zero-order valence-electron chi connectivity index (χ0n) is 12.8. The highest BCUT2D eigenvalue weighted by Crippen LogP contribution is 2.25. The van der Waals surface area contributed by atoms with E-state index in [2.05, 4.69) is 0 Å². The van der Waals surface area contributed by atoms with Crippen LogP contribution in [0, 0.1) is 11.6 Å². The second kappa shape index (κ2) is 7.53. The number of hydrogen-bond acceptors (Lipinski definition) is 3. The molecule has 1 amide bonds. The van der Waals surface area contributed by atoms with E-state index in [1.165, 1.54) is 4.90 Å². The van der Waals surface area contributed by atoms with Gasteiger partial charge in [-0.2, -0.15) is 0 Å². The molecule has 0 saturated heterocycles. The van der Waals surface area contributed by atoms with Crippen molar-refractivity contribution in [3.05, 3.63) is 29.8 Å². The third-order valence-electron chi connectivity index (χ3n) is 3.23. The first-order valence-corrected chi connectivity index (χ1v) is 8.76. The molecule has 0 atom stereocenters. The molecular weight excluding hydrogens is 314 g/mol. The van der Waals surface area contributed by atoms with Gasteiger partial charge in [-0.25, -0.2) is 17.2 Å². The fourth-order valence-electron chi connectivity index (χ4n) is 2.10. The van der Waals surface area contributed by atoms with Gasteiger partial charge in [0.05, 0.1) is 6.26 Å². The summed E-state index contributed by atoms with van der Waals surface area (Å²) in [6.45, 7) is 4.26. The van der Waals surface area contributed by atoms with E-state index >= 15 is 0 Å². The van der Waals surface area contributed by atoms with Crippen LogP contribution < -0.4 is 4.31 Å². The van der Waals surface area contributed by atoms with Crippen molar-refractivity contribution in [3.63, 3.8) is 0 Å². The second-order valence-corrected chi connectivity index (χ2v) is 6.63. The van der Waals surface area contributed by atoms with Crippen molar-refractivity contribution >= 4 is 21.6 Å². The molecule has 0 heterocycles. The van der Waals surface area contributed by atoms with Crippen molar-refractivity contribution in [3.8, 4) is 0 Å². The average Bonchev–Trinajstić information content (AvgIpc) is 2.42. The first-order valence-electron chi connectivity index (χ1n) is 6.91. The van der Waals surface area contributed by atoms with Gasteiger partial charge >= 0.3 is 0 Å². The minimum Gasteiger partial charge on any atom is -0.343 e. The van der Waals surface area contributed by atoms with Gasteiger partial charge in [-0.1, -0.05) is 6.07 Å². The SMILES string of the molecule is CCN(CC)C(=O)CCN(c1c(F)cccc1F)S(C)(=O)=O. The van der Waals surface area contributed by atoms with Crippen molar-refractivity contribution < 1.29 is 22.0 Å². The first-order chi connectivity index (χ1) is 10.2. The van der Waals surface area contributed by atoms with Crippen LogP contribution in [0.5, 0.6) is 0 Å². The topological polar surface area (TPSA) is 57.7 Å². The Kier molecular flexibility index (Phi) is 6.28. The number of hydrogen-bond donors (Lipinski definition) is 0. The van der Waals surface area contributed by atoms with Crippen molar-refractivity contribution in [2.45, 2.75) is 20.3 Å². The van der Waals surface area contributed by atoms with E-state index in [-0.39, 0.29) is 18.9 Å². The molecular formula is C14H20F2N2O3S. The summed E-state index contributed by atoms with van der Waals surface area (Å²) in [5, 5.41) is 0. The molecule has 0 radical (unpaired) electrons. The Balaban J connectivity index is 3.05. The van der Waals surface area contributed by atoms with Gasteiger partial charge < -0.3 is 4.90 Å². The number of benzene rings is 1. The van der Waals surface area contributed by atoms with Crippen LogP contribution in [0.2, 0.25) is 0 Å². The molecule has 0 aliphatic heterocycles. The highest BCUT2D eigenvalue weighted by atomic mass is 32.2. The number of rotatable bonds is 7. The molecule has 0 fully saturated rings. The lowest BCUT2D eigenvalue weighted by Gasteiger charge is -2.25. The van der Waals surface area contributed by atoms with Crippen LogP contribution in [-0.2, 0) is 14.8 Å². The molecule has 22 heavy (non-hydrogen) atoms. The summed E-state index contributed by atoms with van der Waals surface area (Å²) in [7, 11) is -3.92. The van der Waals surface area contributed by atoms with E-state index in [9.17, 15) is 22.0 Å². The van der Waals surface area contributed by atoms with E-state index in [1.807, 2.05) is 0 Å². The maximum Gasteiger partial charge on any atom is 0.232 e. The molecule has 0 unspecified atom stereocenters. The van der Waals surface area contributed by atoms with E-state index < -0.39 is 27.3 Å². The second-order valence-electron chi connectivity index (χ2n) is 4.72. The lowest BCUT2D eigenvalue weighted by atomic mass is 10.2. The van der Waals surface area contributed by atoms with Gasteiger partial charge in [-0.05, 0) is 26.0 Å². The highest BCUT2D eigenvalue weighted by molar-refractivity contribution is 7.92. The van der Waals surface area contributed by atoms with Crippen LogP contribution in [0.1, 0.15) is 20.3 Å². The third-order valence-corrected chi connectivity index (χ3v) is 4.40. The average molecular weight is 334 g/mol. The normalized spacial score (nSPS) is 11.3. The number of anilines is 1. The van der Waals surface area contributed by atoms with Gasteiger partial charge in [0.1, 0.15) is 5.69 Å². The van der Waals surface area contributed by atoms with Gasteiger partial charge in [0, 0.05) is 26.1 Å². The molecule has 0 spiro atoms. The predicted octanol–water partition coefficient (Wildman–Crippen LogP) is 1.99. The Labute approximate surface area is 129 Å². The number of nitrogens with zero attached hydrogens (tertiary/aromatic N) is 2.